The summed E-state index contributed by atoms with van der Waals surface area (Å²) in [6.45, 7) is 8.95. The third-order valence-corrected chi connectivity index (χ3v) is 5.48. The molecule has 0 aliphatic rings. The molecular weight excluding hydrogens is 330 g/mol. The number of thiol groups is 1. The van der Waals surface area contributed by atoms with Crippen LogP contribution in [0.5, 0.6) is 0 Å². The van der Waals surface area contributed by atoms with E-state index >= 15 is 0 Å². The fourth-order valence-electron chi connectivity index (χ4n) is 3.15. The highest BCUT2D eigenvalue weighted by atomic mass is 32.2. The third kappa shape index (κ3) is 5.68. The number of benzene rings is 2. The minimum Gasteiger partial charge on any atom is -0.297 e. The Balaban J connectivity index is 2.16. The second-order valence-corrected chi connectivity index (χ2v) is 8.21. The lowest BCUT2D eigenvalue weighted by Gasteiger charge is -2.32. The van der Waals surface area contributed by atoms with Gasteiger partial charge in [-0.05, 0) is 56.9 Å². The van der Waals surface area contributed by atoms with Crippen molar-refractivity contribution in [2.24, 2.45) is 0 Å². The molecule has 0 fully saturated rings. The molecule has 1 unspecified atom stereocenters. The number of hydrogen-bond acceptors (Lipinski definition) is 3. The fourth-order valence-corrected chi connectivity index (χ4v) is 3.88. The van der Waals surface area contributed by atoms with Gasteiger partial charge in [0.15, 0.2) is 0 Å². The van der Waals surface area contributed by atoms with Gasteiger partial charge in [0.05, 0.1) is 5.25 Å². The Kier molecular flexibility index (Phi) is 7.21. The summed E-state index contributed by atoms with van der Waals surface area (Å²) in [5.74, 6) is 0. The average Bonchev–Trinajstić information content (AvgIpc) is 2.56. The molecule has 2 rings (SSSR count). The molecule has 2 aromatic rings. The van der Waals surface area contributed by atoms with Crippen molar-refractivity contribution in [3.63, 3.8) is 0 Å². The van der Waals surface area contributed by atoms with Gasteiger partial charge < -0.3 is 0 Å². The average molecular weight is 359 g/mol. The lowest BCUT2D eigenvalue weighted by molar-refractivity contribution is 0.175. The summed E-state index contributed by atoms with van der Waals surface area (Å²) in [5.41, 5.74) is 3.24. The van der Waals surface area contributed by atoms with Crippen molar-refractivity contribution in [1.29, 1.82) is 0 Å². The lowest BCUT2D eigenvalue weighted by atomic mass is 10.0. The summed E-state index contributed by atoms with van der Waals surface area (Å²) >= 11 is 0. The van der Waals surface area contributed by atoms with Gasteiger partial charge in [0, 0.05) is 18.6 Å². The Morgan fingerprint density at radius 3 is 2.08 bits per heavy atom. The van der Waals surface area contributed by atoms with Crippen LogP contribution < -0.4 is 0 Å². The van der Waals surface area contributed by atoms with Crippen molar-refractivity contribution in [3.8, 4) is 0 Å². The SMILES string of the molecule is CC(C)N(CC(c1ccc(Cc2c[c]ccc2)cc1)[SH](=O)=O)C(C)C. The monoisotopic (exact) mass is 358 g/mol. The van der Waals surface area contributed by atoms with Crippen LogP contribution in [-0.4, -0.2) is 31.9 Å². The summed E-state index contributed by atoms with van der Waals surface area (Å²) in [5, 5.41) is -0.473. The quantitative estimate of drug-likeness (QED) is 0.728. The van der Waals surface area contributed by atoms with Crippen LogP contribution in [0.25, 0.3) is 0 Å². The number of rotatable bonds is 8. The zero-order valence-electron chi connectivity index (χ0n) is 15.5. The zero-order chi connectivity index (χ0) is 18.4. The van der Waals surface area contributed by atoms with Crippen molar-refractivity contribution in [2.75, 3.05) is 6.54 Å². The number of hydrogen-bond donors (Lipinski definition) is 1. The van der Waals surface area contributed by atoms with E-state index in [4.69, 9.17) is 0 Å². The fraction of sp³-hybridized carbons (Fsp3) is 0.429. The van der Waals surface area contributed by atoms with Crippen LogP contribution >= 0.6 is 0 Å². The molecule has 2 aromatic carbocycles. The Morgan fingerprint density at radius 2 is 1.60 bits per heavy atom. The maximum absolute atomic E-state index is 11.9. The van der Waals surface area contributed by atoms with Crippen molar-refractivity contribution in [2.45, 2.75) is 51.4 Å². The van der Waals surface area contributed by atoms with Crippen LogP contribution in [0.15, 0.2) is 48.5 Å². The van der Waals surface area contributed by atoms with Crippen LogP contribution in [0, 0.1) is 6.07 Å². The summed E-state index contributed by atoms with van der Waals surface area (Å²) < 4.78 is 23.7. The van der Waals surface area contributed by atoms with Gasteiger partial charge in [0.2, 0.25) is 0 Å². The molecule has 3 nitrogen and oxygen atoms in total. The molecule has 0 aromatic heterocycles. The largest absolute Gasteiger partial charge is 0.297 e. The van der Waals surface area contributed by atoms with Crippen LogP contribution in [0.1, 0.15) is 49.6 Å². The minimum atomic E-state index is -2.53. The van der Waals surface area contributed by atoms with E-state index in [1.54, 1.807) is 0 Å². The van der Waals surface area contributed by atoms with Gasteiger partial charge in [-0.1, -0.05) is 48.5 Å². The first kappa shape index (κ1) is 19.7. The Labute approximate surface area is 153 Å². The van der Waals surface area contributed by atoms with E-state index in [1.165, 1.54) is 11.1 Å². The molecule has 1 radical (unpaired) electrons. The van der Waals surface area contributed by atoms with Gasteiger partial charge in [-0.2, -0.15) is 0 Å². The predicted molar refractivity (Wildman–Crippen MR) is 105 cm³/mol. The summed E-state index contributed by atoms with van der Waals surface area (Å²) in [7, 11) is -2.53. The molecule has 0 saturated carbocycles. The first-order valence-corrected chi connectivity index (χ1v) is 10.1. The molecule has 0 aliphatic heterocycles. The van der Waals surface area contributed by atoms with Gasteiger partial charge in [0.1, 0.15) is 10.7 Å². The van der Waals surface area contributed by atoms with Gasteiger partial charge >= 0.3 is 0 Å². The second kappa shape index (κ2) is 9.16. The molecule has 25 heavy (non-hydrogen) atoms. The van der Waals surface area contributed by atoms with Crippen LogP contribution in [0.2, 0.25) is 0 Å². The van der Waals surface area contributed by atoms with Crippen LogP contribution in [0.3, 0.4) is 0 Å². The maximum atomic E-state index is 11.9. The topological polar surface area (TPSA) is 37.4 Å². The van der Waals surface area contributed by atoms with E-state index in [0.29, 0.717) is 18.6 Å². The van der Waals surface area contributed by atoms with Crippen molar-refractivity contribution >= 4 is 10.7 Å². The van der Waals surface area contributed by atoms with Crippen LogP contribution in [-0.2, 0) is 17.1 Å². The predicted octanol–water partition coefficient (Wildman–Crippen LogP) is 3.85. The van der Waals surface area contributed by atoms with Crippen molar-refractivity contribution in [3.05, 3.63) is 71.3 Å². The van der Waals surface area contributed by atoms with Gasteiger partial charge in [-0.25, -0.2) is 8.42 Å². The first-order chi connectivity index (χ1) is 11.9. The highest BCUT2D eigenvalue weighted by Crippen LogP contribution is 2.22. The molecule has 135 valence electrons. The molecule has 4 heteroatoms. The summed E-state index contributed by atoms with van der Waals surface area (Å²) in [4.78, 5) is 2.23. The smallest absolute Gasteiger partial charge is 0.148 e. The molecule has 0 amide bonds. The van der Waals surface area contributed by atoms with Crippen molar-refractivity contribution < 1.29 is 8.42 Å². The second-order valence-electron chi connectivity index (χ2n) is 7.02. The minimum absolute atomic E-state index is 0.311. The van der Waals surface area contributed by atoms with Crippen molar-refractivity contribution in [1.82, 2.24) is 4.90 Å². The normalized spacial score (nSPS) is 13.1. The molecule has 1 atom stereocenters. The summed E-state index contributed by atoms with van der Waals surface area (Å²) in [6, 6.07) is 19.6. The molecule has 0 heterocycles. The van der Waals surface area contributed by atoms with Gasteiger partial charge in [-0.3, -0.25) is 4.90 Å². The Morgan fingerprint density at radius 1 is 0.960 bits per heavy atom. The van der Waals surface area contributed by atoms with Crippen LogP contribution in [0.4, 0.5) is 0 Å². The Bertz CT molecular complexity index is 705. The standard InChI is InChI=1S/C21H28NO2S/c1-16(2)22(17(3)4)15-21(25(23)24)20-12-10-19(11-13-20)14-18-8-6-5-7-9-18/h5-6,8-13,16-17,21,25H,14-15H2,1-4H3. The maximum Gasteiger partial charge on any atom is 0.148 e. The zero-order valence-corrected chi connectivity index (χ0v) is 16.4. The highest BCUT2D eigenvalue weighted by Gasteiger charge is 2.22. The summed E-state index contributed by atoms with van der Waals surface area (Å²) in [6.07, 6.45) is 0.829. The van der Waals surface area contributed by atoms with E-state index in [0.717, 1.165) is 12.0 Å². The van der Waals surface area contributed by atoms with Gasteiger partial charge in [0.25, 0.3) is 0 Å². The molecule has 0 saturated heterocycles. The van der Waals surface area contributed by atoms with E-state index in [-0.39, 0.29) is 0 Å². The first-order valence-electron chi connectivity index (χ1n) is 8.81. The van der Waals surface area contributed by atoms with Gasteiger partial charge in [-0.15, -0.1) is 0 Å². The van der Waals surface area contributed by atoms with E-state index in [9.17, 15) is 8.42 Å². The molecule has 0 spiro atoms. The molecule has 0 bridgehead atoms. The van der Waals surface area contributed by atoms with E-state index < -0.39 is 16.0 Å². The lowest BCUT2D eigenvalue weighted by Crippen LogP contribution is -2.40. The molecule has 0 N–H and O–H groups in total. The highest BCUT2D eigenvalue weighted by molar-refractivity contribution is 7.72. The molecular formula is C21H28NO2S. The van der Waals surface area contributed by atoms with E-state index in [1.807, 2.05) is 42.5 Å². The van der Waals surface area contributed by atoms with E-state index in [2.05, 4.69) is 44.7 Å². The third-order valence-electron chi connectivity index (χ3n) is 4.51. The number of nitrogens with zero attached hydrogens (tertiary/aromatic N) is 1. The molecule has 0 aliphatic carbocycles. The Hall–Kier alpha value is -1.65.